The van der Waals surface area contributed by atoms with Gasteiger partial charge < -0.3 is 10.2 Å². The highest BCUT2D eigenvalue weighted by atomic mass is 19.1. The van der Waals surface area contributed by atoms with Gasteiger partial charge in [0.1, 0.15) is 11.6 Å². The molecule has 0 unspecified atom stereocenters. The first-order valence-corrected chi connectivity index (χ1v) is 9.81. The number of hydrogen-bond donors (Lipinski definition) is 1. The van der Waals surface area contributed by atoms with Gasteiger partial charge in [0.15, 0.2) is 0 Å². The van der Waals surface area contributed by atoms with Crippen LogP contribution in [0.2, 0.25) is 0 Å². The van der Waals surface area contributed by atoms with Gasteiger partial charge in [-0.3, -0.25) is 0 Å². The summed E-state index contributed by atoms with van der Waals surface area (Å²) in [6.45, 7) is 13.2. The predicted molar refractivity (Wildman–Crippen MR) is 113 cm³/mol. The maximum atomic E-state index is 12.5. The maximum Gasteiger partial charge on any atom is 0.123 e. The molecule has 0 aliphatic carbocycles. The van der Waals surface area contributed by atoms with Crippen LogP contribution in [0, 0.1) is 11.6 Å². The Bertz CT molecular complexity index is 580. The van der Waals surface area contributed by atoms with Crippen LogP contribution in [-0.4, -0.2) is 31.1 Å². The Kier molecular flexibility index (Phi) is 14.3. The summed E-state index contributed by atoms with van der Waals surface area (Å²) in [7, 11) is 2.04. The summed E-state index contributed by atoms with van der Waals surface area (Å²) in [6, 6.07) is 13.8. The van der Waals surface area contributed by atoms with E-state index in [0.29, 0.717) is 6.04 Å². The molecule has 0 spiro atoms. The monoisotopic (exact) mass is 378 g/mol. The molecule has 0 bridgehead atoms. The molecule has 27 heavy (non-hydrogen) atoms. The Morgan fingerprint density at radius 1 is 0.852 bits per heavy atom. The van der Waals surface area contributed by atoms with Crippen LogP contribution in [0.1, 0.15) is 45.7 Å². The quantitative estimate of drug-likeness (QED) is 0.668. The molecule has 2 aromatic carbocycles. The van der Waals surface area contributed by atoms with Crippen LogP contribution in [-0.2, 0) is 13.0 Å². The minimum absolute atomic E-state index is 0.166. The van der Waals surface area contributed by atoms with Gasteiger partial charge >= 0.3 is 0 Å². The van der Waals surface area contributed by atoms with E-state index in [1.165, 1.54) is 29.8 Å². The van der Waals surface area contributed by atoms with Crippen LogP contribution < -0.4 is 5.32 Å². The molecule has 0 aromatic heterocycles. The summed E-state index contributed by atoms with van der Waals surface area (Å²) in [5, 5.41) is 3.31. The number of benzene rings is 2. The molecule has 0 amide bonds. The Balaban J connectivity index is 0.000000460. The van der Waals surface area contributed by atoms with Gasteiger partial charge in [-0.05, 0) is 62.0 Å². The average molecular weight is 379 g/mol. The highest BCUT2D eigenvalue weighted by Gasteiger charge is 1.97. The molecule has 0 radical (unpaired) electrons. The SMILES string of the molecule is CC.CC(C)NCCc1ccc(F)cc1.CCN(C)Cc1ccc(F)cc1. The van der Waals surface area contributed by atoms with Crippen LogP contribution in [0.15, 0.2) is 48.5 Å². The van der Waals surface area contributed by atoms with Crippen molar-refractivity contribution < 1.29 is 8.78 Å². The van der Waals surface area contributed by atoms with Gasteiger partial charge in [-0.15, -0.1) is 0 Å². The van der Waals surface area contributed by atoms with Crippen molar-refractivity contribution in [2.24, 2.45) is 0 Å². The smallest absolute Gasteiger partial charge is 0.123 e. The van der Waals surface area contributed by atoms with Crippen LogP contribution in [0.3, 0.4) is 0 Å². The molecule has 0 saturated heterocycles. The van der Waals surface area contributed by atoms with E-state index in [1.807, 2.05) is 45.2 Å². The Morgan fingerprint density at radius 2 is 1.30 bits per heavy atom. The Hall–Kier alpha value is -1.78. The van der Waals surface area contributed by atoms with E-state index in [1.54, 1.807) is 0 Å². The second-order valence-corrected chi connectivity index (χ2v) is 6.44. The summed E-state index contributed by atoms with van der Waals surface area (Å²) >= 11 is 0. The lowest BCUT2D eigenvalue weighted by atomic mass is 10.1. The molecular formula is C23H36F2N2. The molecule has 4 heteroatoms. The van der Waals surface area contributed by atoms with Crippen molar-refractivity contribution in [2.45, 2.75) is 53.6 Å². The molecule has 2 rings (SSSR count). The van der Waals surface area contributed by atoms with Crippen molar-refractivity contribution in [3.63, 3.8) is 0 Å². The van der Waals surface area contributed by atoms with Crippen molar-refractivity contribution >= 4 is 0 Å². The zero-order valence-electron chi connectivity index (χ0n) is 17.7. The number of nitrogens with zero attached hydrogens (tertiary/aromatic N) is 1. The van der Waals surface area contributed by atoms with Gasteiger partial charge in [-0.2, -0.15) is 0 Å². The summed E-state index contributed by atoms with van der Waals surface area (Å²) in [5.74, 6) is -0.335. The molecule has 152 valence electrons. The van der Waals surface area contributed by atoms with Crippen LogP contribution in [0.25, 0.3) is 0 Å². The first-order valence-electron chi connectivity index (χ1n) is 9.81. The highest BCUT2D eigenvalue weighted by molar-refractivity contribution is 5.16. The van der Waals surface area contributed by atoms with Crippen molar-refractivity contribution in [3.8, 4) is 0 Å². The zero-order chi connectivity index (χ0) is 20.7. The van der Waals surface area contributed by atoms with Gasteiger partial charge in [0, 0.05) is 12.6 Å². The van der Waals surface area contributed by atoms with E-state index < -0.39 is 0 Å². The number of halogens is 2. The summed E-state index contributed by atoms with van der Waals surface area (Å²) in [5.41, 5.74) is 2.33. The fraction of sp³-hybridized carbons (Fsp3) is 0.478. The van der Waals surface area contributed by atoms with E-state index in [2.05, 4.69) is 31.0 Å². The first kappa shape index (κ1) is 25.2. The number of rotatable bonds is 7. The third-order valence-corrected chi connectivity index (χ3v) is 3.79. The minimum atomic E-state index is -0.169. The lowest BCUT2D eigenvalue weighted by Crippen LogP contribution is -2.24. The third kappa shape index (κ3) is 13.1. The first-order chi connectivity index (χ1) is 12.9. The standard InChI is InChI=1S/C11H16FN.C10H14FN.C2H6/c1-9(2)13-8-7-10-3-5-11(12)6-4-10;1-3-12(2)8-9-4-6-10(11)7-5-9;1-2/h3-6,9,13H,7-8H2,1-2H3;4-7H,3,8H2,1-2H3;1-2H3. The average Bonchev–Trinajstić information content (AvgIpc) is 2.67. The van der Waals surface area contributed by atoms with Gasteiger partial charge in [0.2, 0.25) is 0 Å². The minimum Gasteiger partial charge on any atom is -0.314 e. The number of nitrogens with one attached hydrogen (secondary N) is 1. The van der Waals surface area contributed by atoms with Gasteiger partial charge in [-0.25, -0.2) is 8.78 Å². The van der Waals surface area contributed by atoms with Gasteiger partial charge in [0.05, 0.1) is 0 Å². The molecule has 0 aliphatic heterocycles. The van der Waals surface area contributed by atoms with Crippen molar-refractivity contribution in [1.29, 1.82) is 0 Å². The lowest BCUT2D eigenvalue weighted by Gasteiger charge is -2.13. The van der Waals surface area contributed by atoms with Crippen LogP contribution in [0.4, 0.5) is 8.78 Å². The van der Waals surface area contributed by atoms with E-state index in [4.69, 9.17) is 0 Å². The van der Waals surface area contributed by atoms with E-state index in [0.717, 1.165) is 31.6 Å². The summed E-state index contributed by atoms with van der Waals surface area (Å²) in [6.07, 6.45) is 0.957. The van der Waals surface area contributed by atoms with Gasteiger partial charge in [0.25, 0.3) is 0 Å². The molecule has 2 aromatic rings. The topological polar surface area (TPSA) is 15.3 Å². The molecule has 0 saturated carbocycles. The van der Waals surface area contributed by atoms with E-state index >= 15 is 0 Å². The maximum absolute atomic E-state index is 12.5. The number of hydrogen-bond acceptors (Lipinski definition) is 2. The molecule has 2 nitrogen and oxygen atoms in total. The lowest BCUT2D eigenvalue weighted by molar-refractivity contribution is 0.345. The molecule has 1 N–H and O–H groups in total. The van der Waals surface area contributed by atoms with Crippen molar-refractivity contribution in [1.82, 2.24) is 10.2 Å². The predicted octanol–water partition coefficient (Wildman–Crippen LogP) is 5.67. The molecular weight excluding hydrogens is 342 g/mol. The third-order valence-electron chi connectivity index (χ3n) is 3.79. The second kappa shape index (κ2) is 15.3. The Labute approximate surface area is 164 Å². The van der Waals surface area contributed by atoms with Crippen LogP contribution in [0.5, 0.6) is 0 Å². The molecule has 0 heterocycles. The normalized spacial score (nSPS) is 10.1. The second-order valence-electron chi connectivity index (χ2n) is 6.44. The zero-order valence-corrected chi connectivity index (χ0v) is 17.7. The fourth-order valence-electron chi connectivity index (χ4n) is 2.17. The van der Waals surface area contributed by atoms with Crippen LogP contribution >= 0.6 is 0 Å². The highest BCUT2D eigenvalue weighted by Crippen LogP contribution is 2.05. The molecule has 0 aliphatic rings. The van der Waals surface area contributed by atoms with Gasteiger partial charge in [-0.1, -0.05) is 58.9 Å². The fourth-order valence-corrected chi connectivity index (χ4v) is 2.17. The molecule has 0 fully saturated rings. The Morgan fingerprint density at radius 3 is 1.70 bits per heavy atom. The van der Waals surface area contributed by atoms with E-state index in [-0.39, 0.29) is 11.6 Å². The van der Waals surface area contributed by atoms with Crippen molar-refractivity contribution in [2.75, 3.05) is 20.1 Å². The summed E-state index contributed by atoms with van der Waals surface area (Å²) < 4.78 is 25.0. The van der Waals surface area contributed by atoms with E-state index in [9.17, 15) is 8.78 Å². The van der Waals surface area contributed by atoms with Crippen molar-refractivity contribution in [3.05, 3.63) is 71.3 Å². The summed E-state index contributed by atoms with van der Waals surface area (Å²) in [4.78, 5) is 2.17. The molecule has 0 atom stereocenters. The largest absolute Gasteiger partial charge is 0.314 e.